The molecule has 1 fully saturated rings. The van der Waals surface area contributed by atoms with Gasteiger partial charge in [-0.05, 0) is 23.0 Å². The van der Waals surface area contributed by atoms with E-state index in [1.807, 2.05) is 0 Å². The van der Waals surface area contributed by atoms with Crippen molar-refractivity contribution < 1.29 is 4.79 Å². The molecule has 6 heteroatoms. The lowest BCUT2D eigenvalue weighted by molar-refractivity contribution is -0.123. The van der Waals surface area contributed by atoms with Gasteiger partial charge >= 0.3 is 0 Å². The summed E-state index contributed by atoms with van der Waals surface area (Å²) in [5, 5.41) is 6.54. The van der Waals surface area contributed by atoms with Gasteiger partial charge in [-0.2, -0.15) is 0 Å². The topological polar surface area (TPSA) is 44.4 Å². The van der Waals surface area contributed by atoms with Crippen LogP contribution in [0.3, 0.4) is 0 Å². The highest BCUT2D eigenvalue weighted by Crippen LogP contribution is 2.24. The van der Waals surface area contributed by atoms with Gasteiger partial charge in [-0.15, -0.1) is 24.8 Å². The number of hydrogen-bond donors (Lipinski definition) is 2. The van der Waals surface area contributed by atoms with Gasteiger partial charge in [0.05, 0.1) is 12.6 Å². The van der Waals surface area contributed by atoms with Crippen molar-refractivity contribution in [3.05, 3.63) is 35.4 Å². The molecule has 1 aromatic rings. The second kappa shape index (κ2) is 11.7. The van der Waals surface area contributed by atoms with Crippen LogP contribution in [0, 0.1) is 5.92 Å². The molecule has 0 radical (unpaired) electrons. The van der Waals surface area contributed by atoms with Gasteiger partial charge < -0.3 is 10.6 Å². The zero-order valence-corrected chi connectivity index (χ0v) is 17.4. The van der Waals surface area contributed by atoms with E-state index in [-0.39, 0.29) is 36.8 Å². The molecule has 1 aromatic carbocycles. The van der Waals surface area contributed by atoms with Gasteiger partial charge in [-0.3, -0.25) is 9.69 Å². The Labute approximate surface area is 164 Å². The summed E-state index contributed by atoms with van der Waals surface area (Å²) in [7, 11) is 0. The zero-order chi connectivity index (χ0) is 16.8. The fraction of sp³-hybridized carbons (Fsp3) is 0.632. The summed E-state index contributed by atoms with van der Waals surface area (Å²) < 4.78 is 0. The molecule has 1 atom stereocenters. The van der Waals surface area contributed by atoms with E-state index in [9.17, 15) is 4.79 Å². The fourth-order valence-corrected chi connectivity index (χ4v) is 3.01. The highest BCUT2D eigenvalue weighted by molar-refractivity contribution is 5.85. The number of halogens is 2. The van der Waals surface area contributed by atoms with E-state index in [1.165, 1.54) is 11.1 Å². The highest BCUT2D eigenvalue weighted by atomic mass is 35.5. The molecule has 1 aliphatic rings. The van der Waals surface area contributed by atoms with Crippen molar-refractivity contribution in [1.82, 2.24) is 15.5 Å². The van der Waals surface area contributed by atoms with Gasteiger partial charge in [0.2, 0.25) is 5.91 Å². The normalized spacial score (nSPS) is 16.1. The third kappa shape index (κ3) is 7.53. The minimum Gasteiger partial charge on any atom is -0.348 e. The van der Waals surface area contributed by atoms with E-state index in [1.54, 1.807) is 0 Å². The smallest absolute Gasteiger partial charge is 0.234 e. The Morgan fingerprint density at radius 2 is 1.56 bits per heavy atom. The van der Waals surface area contributed by atoms with Crippen LogP contribution >= 0.6 is 24.8 Å². The summed E-state index contributed by atoms with van der Waals surface area (Å²) in [5.74, 6) is 1.02. The van der Waals surface area contributed by atoms with Crippen molar-refractivity contribution in [2.24, 2.45) is 5.92 Å². The quantitative estimate of drug-likeness (QED) is 0.783. The lowest BCUT2D eigenvalue weighted by Gasteiger charge is -2.29. The molecular formula is C19H33Cl2N3O. The van der Waals surface area contributed by atoms with E-state index in [4.69, 9.17) is 0 Å². The van der Waals surface area contributed by atoms with Crippen molar-refractivity contribution >= 4 is 30.7 Å². The number of hydrogen-bond acceptors (Lipinski definition) is 3. The van der Waals surface area contributed by atoms with Gasteiger partial charge in [-0.1, -0.05) is 52.0 Å². The molecule has 4 nitrogen and oxygen atoms in total. The molecule has 0 aliphatic carbocycles. The molecule has 1 amide bonds. The number of amides is 1. The number of carbonyl (C=O) groups excluding carboxylic acids is 1. The average Bonchev–Trinajstić information content (AvgIpc) is 2.53. The first-order chi connectivity index (χ1) is 11.0. The molecule has 0 spiro atoms. The average molecular weight is 390 g/mol. The molecule has 1 saturated heterocycles. The van der Waals surface area contributed by atoms with Crippen LogP contribution < -0.4 is 10.6 Å². The van der Waals surface area contributed by atoms with Crippen LogP contribution in [0.25, 0.3) is 0 Å². The Morgan fingerprint density at radius 1 is 1.04 bits per heavy atom. The number of carbonyl (C=O) groups is 1. The summed E-state index contributed by atoms with van der Waals surface area (Å²) in [6.45, 7) is 13.0. The lowest BCUT2D eigenvalue weighted by atomic mass is 9.93. The molecule has 1 aliphatic heterocycles. The number of benzene rings is 1. The first kappa shape index (κ1) is 24.2. The molecular weight excluding hydrogens is 357 g/mol. The van der Waals surface area contributed by atoms with Gasteiger partial charge in [0, 0.05) is 26.2 Å². The predicted molar refractivity (Wildman–Crippen MR) is 110 cm³/mol. The van der Waals surface area contributed by atoms with E-state index >= 15 is 0 Å². The minimum atomic E-state index is 0. The van der Waals surface area contributed by atoms with Crippen molar-refractivity contribution in [2.75, 3.05) is 32.7 Å². The van der Waals surface area contributed by atoms with Gasteiger partial charge in [0.25, 0.3) is 0 Å². The van der Waals surface area contributed by atoms with Crippen LogP contribution in [-0.4, -0.2) is 43.5 Å². The van der Waals surface area contributed by atoms with Crippen LogP contribution in [0.5, 0.6) is 0 Å². The van der Waals surface area contributed by atoms with Crippen LogP contribution in [0.15, 0.2) is 24.3 Å². The summed E-state index contributed by atoms with van der Waals surface area (Å²) >= 11 is 0. The third-order valence-corrected chi connectivity index (χ3v) is 4.52. The Morgan fingerprint density at radius 3 is 2.04 bits per heavy atom. The maximum absolute atomic E-state index is 12.4. The van der Waals surface area contributed by atoms with Crippen molar-refractivity contribution in [1.29, 1.82) is 0 Å². The molecule has 0 saturated carbocycles. The zero-order valence-electron chi connectivity index (χ0n) is 15.7. The summed E-state index contributed by atoms with van der Waals surface area (Å²) in [6, 6.07) is 8.75. The molecule has 2 N–H and O–H groups in total. The van der Waals surface area contributed by atoms with Crippen molar-refractivity contribution in [2.45, 2.75) is 39.7 Å². The fourth-order valence-electron chi connectivity index (χ4n) is 3.01. The maximum Gasteiger partial charge on any atom is 0.234 e. The van der Waals surface area contributed by atoms with Crippen LogP contribution in [-0.2, 0) is 4.79 Å². The van der Waals surface area contributed by atoms with Crippen LogP contribution in [0.2, 0.25) is 0 Å². The molecule has 0 bridgehead atoms. The molecule has 25 heavy (non-hydrogen) atoms. The van der Waals surface area contributed by atoms with Gasteiger partial charge in [0.1, 0.15) is 0 Å². The van der Waals surface area contributed by atoms with E-state index in [0.717, 1.165) is 26.2 Å². The molecule has 1 heterocycles. The lowest BCUT2D eigenvalue weighted by Crippen LogP contribution is -2.48. The number of nitrogens with zero attached hydrogens (tertiary/aromatic N) is 1. The first-order valence-electron chi connectivity index (χ1n) is 8.79. The number of nitrogens with one attached hydrogen (secondary N) is 2. The van der Waals surface area contributed by atoms with Gasteiger partial charge in [0.15, 0.2) is 0 Å². The van der Waals surface area contributed by atoms with E-state index < -0.39 is 0 Å². The van der Waals surface area contributed by atoms with Crippen LogP contribution in [0.1, 0.15) is 50.8 Å². The molecule has 1 unspecified atom stereocenters. The second-order valence-electron chi connectivity index (χ2n) is 7.14. The van der Waals surface area contributed by atoms with E-state index in [2.05, 4.69) is 67.5 Å². The summed E-state index contributed by atoms with van der Waals surface area (Å²) in [4.78, 5) is 14.6. The second-order valence-corrected chi connectivity index (χ2v) is 7.14. The predicted octanol–water partition coefficient (Wildman–Crippen LogP) is 3.37. The maximum atomic E-state index is 12.4. The number of rotatable bonds is 6. The van der Waals surface area contributed by atoms with Crippen molar-refractivity contribution in [3.8, 4) is 0 Å². The largest absolute Gasteiger partial charge is 0.348 e. The summed E-state index contributed by atoms with van der Waals surface area (Å²) in [6.07, 6.45) is 0. The van der Waals surface area contributed by atoms with Crippen molar-refractivity contribution in [3.63, 3.8) is 0 Å². The Bertz CT molecular complexity index is 500. The monoisotopic (exact) mass is 389 g/mol. The minimum absolute atomic E-state index is 0. The Hall–Kier alpha value is -0.810. The molecule has 144 valence electrons. The standard InChI is InChI=1S/C19H31N3O.2ClH/c1-14(2)16-5-7-17(8-6-16)19(15(3)4)21-18(23)13-22-11-9-20-10-12-22;;/h5-8,14-15,19-20H,9-13H2,1-4H3,(H,21,23);2*1H. The first-order valence-corrected chi connectivity index (χ1v) is 8.79. The molecule has 0 aromatic heterocycles. The van der Waals surface area contributed by atoms with Crippen LogP contribution in [0.4, 0.5) is 0 Å². The van der Waals surface area contributed by atoms with E-state index in [0.29, 0.717) is 18.4 Å². The highest BCUT2D eigenvalue weighted by Gasteiger charge is 2.20. The Kier molecular flexibility index (Phi) is 11.4. The summed E-state index contributed by atoms with van der Waals surface area (Å²) in [5.41, 5.74) is 2.53. The number of piperazine rings is 1. The Balaban J connectivity index is 0.00000288. The van der Waals surface area contributed by atoms with Gasteiger partial charge in [-0.25, -0.2) is 0 Å². The SMILES string of the molecule is CC(C)c1ccc(C(NC(=O)CN2CCNCC2)C(C)C)cc1.Cl.Cl. The molecule has 2 rings (SSSR count). The third-order valence-electron chi connectivity index (χ3n) is 4.52.